The maximum absolute atomic E-state index is 13.0. The minimum absolute atomic E-state index is 0. The topological polar surface area (TPSA) is 67.9 Å². The Labute approximate surface area is 192 Å². The Morgan fingerprint density at radius 2 is 1.77 bits per heavy atom. The van der Waals surface area contributed by atoms with E-state index < -0.39 is 5.92 Å². The van der Waals surface area contributed by atoms with Crippen molar-refractivity contribution in [3.05, 3.63) is 29.8 Å². The van der Waals surface area contributed by atoms with E-state index in [0.29, 0.717) is 31.5 Å². The highest BCUT2D eigenvalue weighted by atomic mass is 35.5. The van der Waals surface area contributed by atoms with Gasteiger partial charge in [0.15, 0.2) is 0 Å². The van der Waals surface area contributed by atoms with Gasteiger partial charge in [0.05, 0.1) is 12.5 Å². The van der Waals surface area contributed by atoms with Crippen LogP contribution in [0.25, 0.3) is 0 Å². The Morgan fingerprint density at radius 3 is 2.35 bits per heavy atom. The average molecular weight is 453 g/mol. The first-order chi connectivity index (χ1) is 14.6. The summed E-state index contributed by atoms with van der Waals surface area (Å²) >= 11 is 0. The third kappa shape index (κ3) is 7.39. The van der Waals surface area contributed by atoms with Crippen molar-refractivity contribution in [2.75, 3.05) is 39.9 Å². The van der Waals surface area contributed by atoms with Gasteiger partial charge in [-0.05, 0) is 62.8 Å². The number of carbonyl (C=O) groups excluding carboxylic acids is 2. The molecule has 1 saturated heterocycles. The predicted molar refractivity (Wildman–Crippen MR) is 124 cm³/mol. The maximum atomic E-state index is 13.0. The summed E-state index contributed by atoms with van der Waals surface area (Å²) in [5, 5.41) is 3.05. The van der Waals surface area contributed by atoms with E-state index in [1.54, 1.807) is 6.92 Å². The molecule has 0 aromatic heterocycles. The lowest BCUT2D eigenvalue weighted by Gasteiger charge is -2.22. The fourth-order valence-electron chi connectivity index (χ4n) is 4.73. The molecule has 0 bridgehead atoms. The van der Waals surface area contributed by atoms with E-state index in [1.165, 1.54) is 25.7 Å². The molecule has 3 rings (SSSR count). The van der Waals surface area contributed by atoms with Crippen LogP contribution >= 0.6 is 12.4 Å². The number of amides is 1. The van der Waals surface area contributed by atoms with Crippen molar-refractivity contribution in [2.45, 2.75) is 45.4 Å². The molecule has 2 aliphatic rings. The first kappa shape index (κ1) is 25.5. The molecule has 1 saturated carbocycles. The van der Waals surface area contributed by atoms with Gasteiger partial charge in [0.1, 0.15) is 12.4 Å². The van der Waals surface area contributed by atoms with E-state index in [1.807, 2.05) is 36.2 Å². The zero-order chi connectivity index (χ0) is 21.3. The summed E-state index contributed by atoms with van der Waals surface area (Å²) < 4.78 is 10.9. The number of carbonyl (C=O) groups is 2. The van der Waals surface area contributed by atoms with Crippen molar-refractivity contribution in [3.8, 4) is 5.75 Å². The van der Waals surface area contributed by atoms with Gasteiger partial charge in [-0.2, -0.15) is 0 Å². The van der Waals surface area contributed by atoms with Crippen LogP contribution in [0.3, 0.4) is 0 Å². The third-order valence-corrected chi connectivity index (χ3v) is 6.40. The van der Waals surface area contributed by atoms with E-state index in [-0.39, 0.29) is 30.7 Å². The number of ether oxygens (including phenoxy) is 2. The fraction of sp³-hybridized carbons (Fsp3) is 0.667. The summed E-state index contributed by atoms with van der Waals surface area (Å²) in [6.45, 7) is 5.24. The highest BCUT2D eigenvalue weighted by molar-refractivity contribution is 5.85. The van der Waals surface area contributed by atoms with Gasteiger partial charge in [0.2, 0.25) is 5.91 Å². The minimum atomic E-state index is -0.448. The van der Waals surface area contributed by atoms with Crippen LogP contribution in [0.15, 0.2) is 24.3 Å². The molecule has 3 atom stereocenters. The van der Waals surface area contributed by atoms with Gasteiger partial charge in [-0.1, -0.05) is 25.0 Å². The van der Waals surface area contributed by atoms with Crippen molar-refractivity contribution in [3.63, 3.8) is 0 Å². The number of rotatable bonds is 10. The molecule has 0 radical (unpaired) electrons. The highest BCUT2D eigenvalue weighted by Gasteiger charge is 2.37. The molecule has 1 N–H and O–H groups in total. The van der Waals surface area contributed by atoms with Gasteiger partial charge in [0.25, 0.3) is 0 Å². The van der Waals surface area contributed by atoms with Gasteiger partial charge in [-0.25, -0.2) is 0 Å². The summed E-state index contributed by atoms with van der Waals surface area (Å²) in [7, 11) is 1.89. The van der Waals surface area contributed by atoms with Gasteiger partial charge in [-0.3, -0.25) is 9.59 Å². The van der Waals surface area contributed by atoms with Crippen LogP contribution in [0.5, 0.6) is 5.75 Å². The van der Waals surface area contributed by atoms with E-state index in [0.717, 1.165) is 30.9 Å². The number of hydrogen-bond donors (Lipinski definition) is 1. The zero-order valence-corrected chi connectivity index (χ0v) is 19.6. The number of benzene rings is 1. The summed E-state index contributed by atoms with van der Waals surface area (Å²) in [6, 6.07) is 7.77. The molecule has 1 amide bonds. The summed E-state index contributed by atoms with van der Waals surface area (Å²) in [4.78, 5) is 27.5. The number of halogens is 1. The summed E-state index contributed by atoms with van der Waals surface area (Å²) in [5.74, 6) is 1.47. The summed E-state index contributed by atoms with van der Waals surface area (Å²) in [5.41, 5.74) is 1.01. The molecule has 7 heteroatoms. The first-order valence-electron chi connectivity index (χ1n) is 11.4. The lowest BCUT2D eigenvalue weighted by molar-refractivity contribution is -0.151. The Bertz CT molecular complexity index is 683. The molecule has 31 heavy (non-hydrogen) atoms. The number of hydrogen-bond acceptors (Lipinski definition) is 5. The molecular formula is C24H37ClN2O4. The number of fused-ring (bicyclic) bond motifs is 1. The van der Waals surface area contributed by atoms with E-state index >= 15 is 0 Å². The largest absolute Gasteiger partial charge is 0.492 e. The molecule has 1 aromatic rings. The van der Waals surface area contributed by atoms with Gasteiger partial charge < -0.3 is 19.7 Å². The second kappa shape index (κ2) is 12.9. The Balaban J connectivity index is 0.00000341. The third-order valence-electron chi connectivity index (χ3n) is 6.40. The number of likely N-dealkylation sites (tertiary alicyclic amines) is 1. The smallest absolute Gasteiger partial charge is 0.309 e. The fourth-order valence-corrected chi connectivity index (χ4v) is 4.73. The maximum Gasteiger partial charge on any atom is 0.309 e. The van der Waals surface area contributed by atoms with Crippen molar-refractivity contribution in [1.29, 1.82) is 0 Å². The average Bonchev–Trinajstić information content (AvgIpc) is 3.19. The Morgan fingerprint density at radius 1 is 1.13 bits per heavy atom. The van der Waals surface area contributed by atoms with Crippen molar-refractivity contribution < 1.29 is 19.1 Å². The second-order valence-electron chi connectivity index (χ2n) is 8.56. The van der Waals surface area contributed by atoms with Gasteiger partial charge >= 0.3 is 5.97 Å². The van der Waals surface area contributed by atoms with Crippen molar-refractivity contribution in [2.24, 2.45) is 17.8 Å². The lowest BCUT2D eigenvalue weighted by atomic mass is 9.82. The normalized spacial score (nSPS) is 21.0. The molecule has 1 aromatic carbocycles. The first-order valence-corrected chi connectivity index (χ1v) is 11.4. The van der Waals surface area contributed by atoms with Crippen molar-refractivity contribution in [1.82, 2.24) is 10.2 Å². The molecule has 1 heterocycles. The standard InChI is InChI=1S/C24H36N2O4.ClH/c1-3-29-24(28)21(14-18-8-10-22(11-9-18)30-13-12-25-2)15-23(27)26-16-19-6-4-5-7-20(19)17-26;/h8-11,19-21,25H,3-7,12-17H2,1-2H3;1H/t19-,20+,21?;. The van der Waals surface area contributed by atoms with Gasteiger partial charge in [0, 0.05) is 26.1 Å². The Kier molecular flexibility index (Phi) is 10.6. The number of nitrogens with one attached hydrogen (secondary N) is 1. The molecule has 2 fully saturated rings. The molecular weight excluding hydrogens is 416 g/mol. The van der Waals surface area contributed by atoms with Crippen LogP contribution in [0, 0.1) is 17.8 Å². The van der Waals surface area contributed by atoms with Crippen molar-refractivity contribution >= 4 is 24.3 Å². The molecule has 1 aliphatic carbocycles. The van der Waals surface area contributed by atoms with Crippen LogP contribution in [0.4, 0.5) is 0 Å². The molecule has 1 unspecified atom stereocenters. The molecule has 0 spiro atoms. The molecule has 6 nitrogen and oxygen atoms in total. The number of likely N-dealkylation sites (N-methyl/N-ethyl adjacent to an activating group) is 1. The van der Waals surface area contributed by atoms with Crippen LogP contribution < -0.4 is 10.1 Å². The highest BCUT2D eigenvalue weighted by Crippen LogP contribution is 2.36. The van der Waals surface area contributed by atoms with E-state index in [9.17, 15) is 9.59 Å². The minimum Gasteiger partial charge on any atom is -0.492 e. The summed E-state index contributed by atoms with van der Waals surface area (Å²) in [6.07, 6.45) is 5.75. The molecule has 1 aliphatic heterocycles. The van der Waals surface area contributed by atoms with Crippen LogP contribution in [-0.2, 0) is 20.7 Å². The zero-order valence-electron chi connectivity index (χ0n) is 18.8. The predicted octanol–water partition coefficient (Wildman–Crippen LogP) is 3.47. The van der Waals surface area contributed by atoms with Crippen LogP contribution in [0.2, 0.25) is 0 Å². The van der Waals surface area contributed by atoms with E-state index in [4.69, 9.17) is 9.47 Å². The monoisotopic (exact) mass is 452 g/mol. The van der Waals surface area contributed by atoms with Crippen LogP contribution in [0.1, 0.15) is 44.6 Å². The lowest BCUT2D eigenvalue weighted by Crippen LogP contribution is -2.33. The van der Waals surface area contributed by atoms with Gasteiger partial charge in [-0.15, -0.1) is 12.4 Å². The SMILES string of the molecule is CCOC(=O)C(CC(=O)N1C[C@H]2CCCC[C@H]2C1)Cc1ccc(OCCNC)cc1.Cl. The van der Waals surface area contributed by atoms with Crippen LogP contribution in [-0.4, -0.2) is 56.7 Å². The quantitative estimate of drug-likeness (QED) is 0.435. The second-order valence-corrected chi connectivity index (χ2v) is 8.56. The van der Waals surface area contributed by atoms with E-state index in [2.05, 4.69) is 5.32 Å². The number of esters is 1. The molecule has 174 valence electrons. The number of nitrogens with zero attached hydrogens (tertiary/aromatic N) is 1. The Hall–Kier alpha value is -1.79.